The number of amides is 2. The number of urea groups is 1. The molecule has 9 heteroatoms. The van der Waals surface area contributed by atoms with Gasteiger partial charge in [0.1, 0.15) is 5.75 Å². The summed E-state index contributed by atoms with van der Waals surface area (Å²) in [6.45, 7) is 2.44. The Kier molecular flexibility index (Phi) is 6.26. The van der Waals surface area contributed by atoms with Crippen LogP contribution in [0.1, 0.15) is 11.1 Å². The second kappa shape index (κ2) is 8.69. The van der Waals surface area contributed by atoms with E-state index in [1.807, 2.05) is 30.3 Å². The molecule has 2 aromatic rings. The van der Waals surface area contributed by atoms with Gasteiger partial charge >= 0.3 is 18.6 Å². The van der Waals surface area contributed by atoms with Gasteiger partial charge in [-0.1, -0.05) is 30.3 Å². The maximum Gasteiger partial charge on any atom is 0.461 e. The first-order chi connectivity index (χ1) is 13.8. The SMILES string of the molecule is Cc1cc(N2C(=O)NCC2COCc2ccccc2)ccc1OC(F)(F)C(F)F. The van der Waals surface area contributed by atoms with Crippen LogP contribution in [0.2, 0.25) is 0 Å². The molecule has 1 unspecified atom stereocenters. The van der Waals surface area contributed by atoms with E-state index in [1.165, 1.54) is 24.0 Å². The van der Waals surface area contributed by atoms with Crippen molar-refractivity contribution in [1.29, 1.82) is 0 Å². The van der Waals surface area contributed by atoms with Crippen LogP contribution in [-0.2, 0) is 11.3 Å². The monoisotopic (exact) mass is 412 g/mol. The summed E-state index contributed by atoms with van der Waals surface area (Å²) in [5.74, 6) is -0.379. The van der Waals surface area contributed by atoms with Crippen molar-refractivity contribution in [2.45, 2.75) is 32.1 Å². The van der Waals surface area contributed by atoms with E-state index in [4.69, 9.17) is 4.74 Å². The first-order valence-corrected chi connectivity index (χ1v) is 8.92. The lowest BCUT2D eigenvalue weighted by molar-refractivity contribution is -0.253. The molecule has 2 amide bonds. The van der Waals surface area contributed by atoms with E-state index in [2.05, 4.69) is 10.1 Å². The molecule has 1 fully saturated rings. The number of nitrogens with zero attached hydrogens (tertiary/aromatic N) is 1. The standard InChI is InChI=1S/C20H20F4N2O3/c1-13-9-15(7-8-17(13)29-20(23,24)18(21)22)26-16(10-25-19(26)27)12-28-11-14-5-3-2-4-6-14/h2-9,16,18H,10-12H2,1H3,(H,25,27). The van der Waals surface area contributed by atoms with Gasteiger partial charge in [0, 0.05) is 12.2 Å². The predicted molar refractivity (Wildman–Crippen MR) is 98.5 cm³/mol. The van der Waals surface area contributed by atoms with Crippen molar-refractivity contribution < 1.29 is 31.8 Å². The van der Waals surface area contributed by atoms with Crippen LogP contribution < -0.4 is 15.0 Å². The molecule has 0 spiro atoms. The Hall–Kier alpha value is -2.81. The molecule has 0 aromatic heterocycles. The van der Waals surface area contributed by atoms with Gasteiger partial charge in [0.2, 0.25) is 0 Å². The highest BCUT2D eigenvalue weighted by Gasteiger charge is 2.44. The molecule has 1 heterocycles. The number of rotatable bonds is 8. The Morgan fingerprint density at radius 2 is 1.93 bits per heavy atom. The average Bonchev–Trinajstić information content (AvgIpc) is 3.04. The van der Waals surface area contributed by atoms with Crippen LogP contribution >= 0.6 is 0 Å². The van der Waals surface area contributed by atoms with Crippen molar-refractivity contribution in [2.75, 3.05) is 18.1 Å². The predicted octanol–water partition coefficient (Wildman–Crippen LogP) is 4.35. The van der Waals surface area contributed by atoms with Crippen molar-refractivity contribution in [3.63, 3.8) is 0 Å². The van der Waals surface area contributed by atoms with Crippen LogP contribution in [-0.4, -0.2) is 37.8 Å². The number of carbonyl (C=O) groups excluding carboxylic acids is 1. The molecule has 3 rings (SSSR count). The van der Waals surface area contributed by atoms with Gasteiger partial charge < -0.3 is 14.8 Å². The van der Waals surface area contributed by atoms with E-state index >= 15 is 0 Å². The van der Waals surface area contributed by atoms with E-state index in [0.29, 0.717) is 18.8 Å². The molecule has 0 aliphatic carbocycles. The molecule has 1 saturated heterocycles. The summed E-state index contributed by atoms with van der Waals surface area (Å²) in [7, 11) is 0. The van der Waals surface area contributed by atoms with Gasteiger partial charge in [-0.3, -0.25) is 4.90 Å². The number of hydrogen-bond donors (Lipinski definition) is 1. The molecule has 0 bridgehead atoms. The first kappa shape index (κ1) is 20.9. The third-order valence-corrected chi connectivity index (χ3v) is 4.43. The zero-order valence-electron chi connectivity index (χ0n) is 15.6. The first-order valence-electron chi connectivity index (χ1n) is 8.92. The Balaban J connectivity index is 1.68. The van der Waals surface area contributed by atoms with Gasteiger partial charge in [-0.15, -0.1) is 0 Å². The minimum absolute atomic E-state index is 0.200. The fraction of sp³-hybridized carbons (Fsp3) is 0.350. The fourth-order valence-corrected chi connectivity index (χ4v) is 2.99. The Morgan fingerprint density at radius 3 is 2.59 bits per heavy atom. The van der Waals surface area contributed by atoms with Gasteiger partial charge in [-0.25, -0.2) is 4.79 Å². The Labute approximate surface area is 165 Å². The smallest absolute Gasteiger partial charge is 0.428 e. The van der Waals surface area contributed by atoms with Gasteiger partial charge in [0.25, 0.3) is 0 Å². The van der Waals surface area contributed by atoms with Crippen LogP contribution in [0, 0.1) is 6.92 Å². The number of nitrogens with one attached hydrogen (secondary N) is 1. The van der Waals surface area contributed by atoms with Crippen molar-refractivity contribution in [3.05, 3.63) is 59.7 Å². The van der Waals surface area contributed by atoms with Gasteiger partial charge in [-0.2, -0.15) is 17.6 Å². The second-order valence-corrected chi connectivity index (χ2v) is 6.62. The molecule has 0 radical (unpaired) electrons. The third kappa shape index (κ3) is 4.97. The number of hydrogen-bond acceptors (Lipinski definition) is 3. The number of anilines is 1. The van der Waals surface area contributed by atoms with Crippen LogP contribution in [0.3, 0.4) is 0 Å². The molecule has 1 aliphatic heterocycles. The fourth-order valence-electron chi connectivity index (χ4n) is 2.99. The maximum atomic E-state index is 13.2. The average molecular weight is 412 g/mol. The van der Waals surface area contributed by atoms with Crippen LogP contribution in [0.25, 0.3) is 0 Å². The second-order valence-electron chi connectivity index (χ2n) is 6.62. The highest BCUT2D eigenvalue weighted by Crippen LogP contribution is 2.32. The Bertz CT molecular complexity index is 849. The molecular weight excluding hydrogens is 392 g/mol. The minimum Gasteiger partial charge on any atom is -0.428 e. The van der Waals surface area contributed by atoms with E-state index in [-0.39, 0.29) is 30.0 Å². The summed E-state index contributed by atoms with van der Waals surface area (Å²) in [6, 6.07) is 12.8. The summed E-state index contributed by atoms with van der Waals surface area (Å²) in [5.41, 5.74) is 1.62. The summed E-state index contributed by atoms with van der Waals surface area (Å²) in [4.78, 5) is 13.7. The highest BCUT2D eigenvalue weighted by molar-refractivity contribution is 5.95. The van der Waals surface area contributed by atoms with E-state index in [1.54, 1.807) is 0 Å². The van der Waals surface area contributed by atoms with Crippen LogP contribution in [0.15, 0.2) is 48.5 Å². The minimum atomic E-state index is -4.59. The maximum absolute atomic E-state index is 13.2. The van der Waals surface area contributed by atoms with Crippen LogP contribution in [0.5, 0.6) is 5.75 Å². The number of halogens is 4. The van der Waals surface area contributed by atoms with Gasteiger partial charge in [-0.05, 0) is 36.2 Å². The molecule has 5 nitrogen and oxygen atoms in total. The lowest BCUT2D eigenvalue weighted by atomic mass is 10.1. The summed E-state index contributed by atoms with van der Waals surface area (Å²) in [6.07, 6.45) is -8.54. The summed E-state index contributed by atoms with van der Waals surface area (Å²) < 4.78 is 60.9. The zero-order chi connectivity index (χ0) is 21.0. The van der Waals surface area contributed by atoms with Crippen molar-refractivity contribution in [2.24, 2.45) is 0 Å². The molecule has 29 heavy (non-hydrogen) atoms. The molecule has 0 saturated carbocycles. The summed E-state index contributed by atoms with van der Waals surface area (Å²) >= 11 is 0. The topological polar surface area (TPSA) is 50.8 Å². The number of alkyl halides is 4. The van der Waals surface area contributed by atoms with Crippen molar-refractivity contribution in [3.8, 4) is 5.75 Å². The van der Waals surface area contributed by atoms with E-state index in [0.717, 1.165) is 11.6 Å². The lowest BCUT2D eigenvalue weighted by Crippen LogP contribution is -2.37. The molecule has 156 valence electrons. The van der Waals surface area contributed by atoms with Gasteiger partial charge in [0.05, 0.1) is 19.3 Å². The number of benzene rings is 2. The molecule has 1 atom stereocenters. The third-order valence-electron chi connectivity index (χ3n) is 4.43. The summed E-state index contributed by atoms with van der Waals surface area (Å²) in [5, 5.41) is 2.71. The quantitative estimate of drug-likeness (QED) is 0.656. The van der Waals surface area contributed by atoms with E-state index < -0.39 is 12.5 Å². The highest BCUT2D eigenvalue weighted by atomic mass is 19.3. The van der Waals surface area contributed by atoms with E-state index in [9.17, 15) is 22.4 Å². The number of ether oxygens (including phenoxy) is 2. The largest absolute Gasteiger partial charge is 0.461 e. The van der Waals surface area contributed by atoms with Crippen molar-refractivity contribution in [1.82, 2.24) is 5.32 Å². The number of aryl methyl sites for hydroxylation is 1. The zero-order valence-corrected chi connectivity index (χ0v) is 15.6. The molecule has 2 aromatic carbocycles. The van der Waals surface area contributed by atoms with Crippen LogP contribution in [0.4, 0.5) is 28.0 Å². The lowest BCUT2D eigenvalue weighted by Gasteiger charge is -2.24. The molecule has 1 N–H and O–H groups in total. The van der Waals surface area contributed by atoms with Crippen molar-refractivity contribution >= 4 is 11.7 Å². The van der Waals surface area contributed by atoms with Gasteiger partial charge in [0.15, 0.2) is 0 Å². The molecular formula is C20H20F4N2O3. The number of carbonyl (C=O) groups is 1. The Morgan fingerprint density at radius 1 is 1.21 bits per heavy atom. The normalized spacial score (nSPS) is 17.0. The molecule has 1 aliphatic rings.